The maximum atomic E-state index is 5.34. The second kappa shape index (κ2) is 6.78. The molecule has 1 unspecified atom stereocenters. The smallest absolute Gasteiger partial charge is 0.114 e. The van der Waals surface area contributed by atoms with Crippen LogP contribution in [0.3, 0.4) is 0 Å². The van der Waals surface area contributed by atoms with Crippen LogP contribution in [0.5, 0.6) is 0 Å². The van der Waals surface area contributed by atoms with Gasteiger partial charge < -0.3 is 9.73 Å². The second-order valence-corrected chi connectivity index (χ2v) is 5.55. The predicted octanol–water partition coefficient (Wildman–Crippen LogP) is 4.19. The molecular weight excluding hydrogens is 256 g/mol. The number of nitrogens with zero attached hydrogens (tertiary/aromatic N) is 1. The van der Waals surface area contributed by atoms with E-state index in [0.717, 1.165) is 28.6 Å². The standard InChI is InChI=1S/C15H20N2OS/c1-4-8-16-11(2)13-6-5-9-17-15(13)19-14-7-10-18-12(14)3/h5-7,9-11,16H,4,8H2,1-3H3. The van der Waals surface area contributed by atoms with Crippen molar-refractivity contribution >= 4 is 11.8 Å². The first kappa shape index (κ1) is 14.2. The van der Waals surface area contributed by atoms with E-state index in [2.05, 4.69) is 30.2 Å². The van der Waals surface area contributed by atoms with Crippen molar-refractivity contribution in [3.8, 4) is 0 Å². The van der Waals surface area contributed by atoms with E-state index < -0.39 is 0 Å². The molecule has 2 rings (SSSR count). The largest absolute Gasteiger partial charge is 0.468 e. The van der Waals surface area contributed by atoms with Gasteiger partial charge in [0.25, 0.3) is 0 Å². The zero-order valence-electron chi connectivity index (χ0n) is 11.6. The van der Waals surface area contributed by atoms with E-state index in [1.54, 1.807) is 18.0 Å². The first-order chi connectivity index (χ1) is 9.22. The topological polar surface area (TPSA) is 38.1 Å². The molecule has 1 atom stereocenters. The van der Waals surface area contributed by atoms with Crippen LogP contribution in [-0.4, -0.2) is 11.5 Å². The van der Waals surface area contributed by atoms with Gasteiger partial charge in [-0.25, -0.2) is 4.98 Å². The Balaban J connectivity index is 2.18. The molecule has 4 heteroatoms. The molecule has 0 radical (unpaired) electrons. The Kier molecular flexibility index (Phi) is 5.05. The summed E-state index contributed by atoms with van der Waals surface area (Å²) in [5.41, 5.74) is 1.24. The fourth-order valence-corrected chi connectivity index (χ4v) is 2.87. The average Bonchev–Trinajstić information content (AvgIpc) is 2.82. The van der Waals surface area contributed by atoms with Crippen molar-refractivity contribution in [2.45, 2.75) is 43.2 Å². The van der Waals surface area contributed by atoms with Gasteiger partial charge in [0.05, 0.1) is 11.2 Å². The maximum Gasteiger partial charge on any atom is 0.114 e. The van der Waals surface area contributed by atoms with Gasteiger partial charge in [0.1, 0.15) is 10.8 Å². The van der Waals surface area contributed by atoms with Crippen LogP contribution in [0.25, 0.3) is 0 Å². The van der Waals surface area contributed by atoms with Crippen molar-refractivity contribution in [3.05, 3.63) is 42.0 Å². The van der Waals surface area contributed by atoms with Crippen molar-refractivity contribution in [1.82, 2.24) is 10.3 Å². The number of aryl methyl sites for hydroxylation is 1. The van der Waals surface area contributed by atoms with Gasteiger partial charge in [-0.2, -0.15) is 0 Å². The molecule has 0 aliphatic rings. The molecule has 2 aromatic rings. The number of rotatable bonds is 6. The highest BCUT2D eigenvalue weighted by molar-refractivity contribution is 7.99. The Morgan fingerprint density at radius 2 is 2.26 bits per heavy atom. The molecule has 19 heavy (non-hydrogen) atoms. The first-order valence-electron chi connectivity index (χ1n) is 6.62. The van der Waals surface area contributed by atoms with E-state index in [9.17, 15) is 0 Å². The van der Waals surface area contributed by atoms with Crippen LogP contribution in [0.2, 0.25) is 0 Å². The number of furan rings is 1. The number of nitrogens with one attached hydrogen (secondary N) is 1. The minimum Gasteiger partial charge on any atom is -0.468 e. The fraction of sp³-hybridized carbons (Fsp3) is 0.400. The number of hydrogen-bond donors (Lipinski definition) is 1. The lowest BCUT2D eigenvalue weighted by molar-refractivity contribution is 0.526. The van der Waals surface area contributed by atoms with Gasteiger partial charge in [-0.3, -0.25) is 0 Å². The van der Waals surface area contributed by atoms with E-state index in [-0.39, 0.29) is 0 Å². The third-order valence-corrected chi connectivity index (χ3v) is 4.16. The van der Waals surface area contributed by atoms with Gasteiger partial charge in [0, 0.05) is 17.8 Å². The average molecular weight is 276 g/mol. The van der Waals surface area contributed by atoms with Crippen molar-refractivity contribution in [1.29, 1.82) is 0 Å². The van der Waals surface area contributed by atoms with Crippen molar-refractivity contribution in [2.75, 3.05) is 6.54 Å². The number of aromatic nitrogens is 1. The molecule has 0 bridgehead atoms. The number of pyridine rings is 1. The molecular formula is C15H20N2OS. The molecule has 0 amide bonds. The van der Waals surface area contributed by atoms with Gasteiger partial charge in [0.15, 0.2) is 0 Å². The zero-order valence-corrected chi connectivity index (χ0v) is 12.5. The Labute approximate surface area is 118 Å². The highest BCUT2D eigenvalue weighted by Gasteiger charge is 2.13. The van der Waals surface area contributed by atoms with Crippen LogP contribution >= 0.6 is 11.8 Å². The monoisotopic (exact) mass is 276 g/mol. The molecule has 2 aromatic heterocycles. The summed E-state index contributed by atoms with van der Waals surface area (Å²) in [5.74, 6) is 0.941. The Hall–Kier alpha value is -1.26. The van der Waals surface area contributed by atoms with Crippen molar-refractivity contribution in [2.24, 2.45) is 0 Å². The molecule has 0 fully saturated rings. The summed E-state index contributed by atoms with van der Waals surface area (Å²) in [5, 5.41) is 4.55. The summed E-state index contributed by atoms with van der Waals surface area (Å²) in [7, 11) is 0. The zero-order chi connectivity index (χ0) is 13.7. The summed E-state index contributed by atoms with van der Waals surface area (Å²) in [6.07, 6.45) is 4.70. The Bertz CT molecular complexity index is 524. The molecule has 0 aromatic carbocycles. The van der Waals surface area contributed by atoms with Gasteiger partial charge >= 0.3 is 0 Å². The molecule has 1 N–H and O–H groups in total. The molecule has 0 saturated carbocycles. The summed E-state index contributed by atoms with van der Waals surface area (Å²) in [6, 6.07) is 6.43. The normalized spacial score (nSPS) is 12.6. The van der Waals surface area contributed by atoms with Crippen LogP contribution in [0, 0.1) is 6.92 Å². The van der Waals surface area contributed by atoms with Crippen LogP contribution in [0.1, 0.15) is 37.6 Å². The SMILES string of the molecule is CCCNC(C)c1cccnc1Sc1ccoc1C. The summed E-state index contributed by atoms with van der Waals surface area (Å²) >= 11 is 1.66. The van der Waals surface area contributed by atoms with Crippen LogP contribution in [-0.2, 0) is 0 Å². The van der Waals surface area contributed by atoms with Crippen LogP contribution in [0.4, 0.5) is 0 Å². The summed E-state index contributed by atoms with van der Waals surface area (Å²) in [4.78, 5) is 5.63. The molecule has 102 valence electrons. The lowest BCUT2D eigenvalue weighted by Gasteiger charge is -2.16. The lowest BCUT2D eigenvalue weighted by atomic mass is 10.1. The van der Waals surface area contributed by atoms with Gasteiger partial charge in [0.2, 0.25) is 0 Å². The Morgan fingerprint density at radius 3 is 2.95 bits per heavy atom. The van der Waals surface area contributed by atoms with E-state index in [0.29, 0.717) is 6.04 Å². The van der Waals surface area contributed by atoms with Gasteiger partial charge in [-0.15, -0.1) is 0 Å². The quantitative estimate of drug-likeness (QED) is 0.858. The van der Waals surface area contributed by atoms with Gasteiger partial charge in [-0.1, -0.05) is 24.8 Å². The van der Waals surface area contributed by atoms with Gasteiger partial charge in [-0.05, 0) is 38.9 Å². The van der Waals surface area contributed by atoms with Crippen molar-refractivity contribution in [3.63, 3.8) is 0 Å². The lowest BCUT2D eigenvalue weighted by Crippen LogP contribution is -2.20. The summed E-state index contributed by atoms with van der Waals surface area (Å²) < 4.78 is 5.34. The second-order valence-electron chi connectivity index (χ2n) is 4.52. The highest BCUT2D eigenvalue weighted by atomic mass is 32.2. The van der Waals surface area contributed by atoms with Crippen molar-refractivity contribution < 1.29 is 4.42 Å². The highest BCUT2D eigenvalue weighted by Crippen LogP contribution is 2.33. The molecule has 0 aliphatic heterocycles. The predicted molar refractivity (Wildman–Crippen MR) is 78.5 cm³/mol. The fourth-order valence-electron chi connectivity index (χ4n) is 1.87. The van der Waals surface area contributed by atoms with E-state index in [4.69, 9.17) is 4.42 Å². The van der Waals surface area contributed by atoms with E-state index in [1.807, 2.05) is 25.3 Å². The van der Waals surface area contributed by atoms with Crippen LogP contribution in [0.15, 0.2) is 45.0 Å². The minimum atomic E-state index is 0.309. The summed E-state index contributed by atoms with van der Waals surface area (Å²) in [6.45, 7) is 7.35. The van der Waals surface area contributed by atoms with Crippen LogP contribution < -0.4 is 5.32 Å². The molecule has 0 aliphatic carbocycles. The molecule has 2 heterocycles. The number of hydrogen-bond acceptors (Lipinski definition) is 4. The molecule has 0 spiro atoms. The third kappa shape index (κ3) is 3.61. The third-order valence-electron chi connectivity index (χ3n) is 2.99. The molecule has 0 saturated heterocycles. The molecule has 3 nitrogen and oxygen atoms in total. The first-order valence-corrected chi connectivity index (χ1v) is 7.44. The minimum absolute atomic E-state index is 0.309. The van der Waals surface area contributed by atoms with E-state index >= 15 is 0 Å². The van der Waals surface area contributed by atoms with E-state index in [1.165, 1.54) is 5.56 Å². The Morgan fingerprint density at radius 1 is 1.42 bits per heavy atom. The maximum absolute atomic E-state index is 5.34.